The molecule has 0 spiro atoms. The standard InChI is InChI=1S/C17H24N2O4/c1-3-8-18-16(21)12-5-4-9-19(11-12)17(22)14-7-6-13(23-2)10-15(14)20/h6-7,10,12,20H,3-5,8-9,11H2,1-2H3,(H,18,21). The molecule has 2 amide bonds. The van der Waals surface area contributed by atoms with Crippen LogP contribution in [-0.2, 0) is 4.79 Å². The maximum atomic E-state index is 12.6. The van der Waals surface area contributed by atoms with Gasteiger partial charge in [0.2, 0.25) is 5.91 Å². The van der Waals surface area contributed by atoms with Crippen LogP contribution >= 0.6 is 0 Å². The number of hydrogen-bond acceptors (Lipinski definition) is 4. The molecule has 23 heavy (non-hydrogen) atoms. The summed E-state index contributed by atoms with van der Waals surface area (Å²) in [5.74, 6) is -0.0393. The maximum absolute atomic E-state index is 12.6. The highest BCUT2D eigenvalue weighted by molar-refractivity contribution is 5.97. The zero-order valence-corrected chi connectivity index (χ0v) is 13.7. The van der Waals surface area contributed by atoms with Crippen molar-refractivity contribution in [1.82, 2.24) is 10.2 Å². The molecule has 0 aromatic heterocycles. The number of rotatable bonds is 5. The highest BCUT2D eigenvalue weighted by Gasteiger charge is 2.29. The molecule has 0 bridgehead atoms. The molecular formula is C17H24N2O4. The molecule has 1 atom stereocenters. The number of carbonyl (C=O) groups is 2. The molecule has 2 rings (SSSR count). The highest BCUT2D eigenvalue weighted by atomic mass is 16.5. The van der Waals surface area contributed by atoms with Gasteiger partial charge in [-0.3, -0.25) is 9.59 Å². The molecule has 1 fully saturated rings. The first-order valence-electron chi connectivity index (χ1n) is 8.00. The molecule has 126 valence electrons. The lowest BCUT2D eigenvalue weighted by Gasteiger charge is -2.32. The monoisotopic (exact) mass is 320 g/mol. The average molecular weight is 320 g/mol. The van der Waals surface area contributed by atoms with Crippen molar-refractivity contribution in [3.05, 3.63) is 23.8 Å². The van der Waals surface area contributed by atoms with Crippen molar-refractivity contribution in [3.63, 3.8) is 0 Å². The van der Waals surface area contributed by atoms with Crippen LogP contribution in [0.1, 0.15) is 36.5 Å². The average Bonchev–Trinajstić information content (AvgIpc) is 2.59. The topological polar surface area (TPSA) is 78.9 Å². The Bertz CT molecular complexity index is 574. The van der Waals surface area contributed by atoms with Gasteiger partial charge in [0.05, 0.1) is 18.6 Å². The highest BCUT2D eigenvalue weighted by Crippen LogP contribution is 2.26. The van der Waals surface area contributed by atoms with Crippen molar-refractivity contribution in [3.8, 4) is 11.5 Å². The minimum Gasteiger partial charge on any atom is -0.507 e. The number of likely N-dealkylation sites (tertiary alicyclic amines) is 1. The molecule has 0 aliphatic carbocycles. The van der Waals surface area contributed by atoms with Gasteiger partial charge in [0, 0.05) is 25.7 Å². The zero-order valence-electron chi connectivity index (χ0n) is 13.7. The summed E-state index contributed by atoms with van der Waals surface area (Å²) in [5.41, 5.74) is 0.236. The van der Waals surface area contributed by atoms with Crippen LogP contribution in [0.3, 0.4) is 0 Å². The molecule has 1 aromatic carbocycles. The van der Waals surface area contributed by atoms with Crippen LogP contribution < -0.4 is 10.1 Å². The Kier molecular flexibility index (Phi) is 5.84. The molecule has 1 aliphatic heterocycles. The van der Waals surface area contributed by atoms with Crippen molar-refractivity contribution in [2.24, 2.45) is 5.92 Å². The molecule has 6 nitrogen and oxygen atoms in total. The smallest absolute Gasteiger partial charge is 0.257 e. The molecular weight excluding hydrogens is 296 g/mol. The summed E-state index contributed by atoms with van der Waals surface area (Å²) in [5, 5.41) is 12.9. The third kappa shape index (κ3) is 4.15. The minimum absolute atomic E-state index is 0.00306. The number of aromatic hydroxyl groups is 1. The number of nitrogens with one attached hydrogen (secondary N) is 1. The van der Waals surface area contributed by atoms with Crippen LogP contribution in [-0.4, -0.2) is 48.6 Å². The molecule has 0 saturated carbocycles. The first kappa shape index (κ1) is 17.1. The molecule has 1 aromatic rings. The van der Waals surface area contributed by atoms with Gasteiger partial charge in [-0.2, -0.15) is 0 Å². The summed E-state index contributed by atoms with van der Waals surface area (Å²) >= 11 is 0. The summed E-state index contributed by atoms with van der Waals surface area (Å²) < 4.78 is 5.02. The minimum atomic E-state index is -0.252. The van der Waals surface area contributed by atoms with Gasteiger partial charge in [0.1, 0.15) is 11.5 Å². The van der Waals surface area contributed by atoms with Crippen LogP contribution in [0.2, 0.25) is 0 Å². The van der Waals surface area contributed by atoms with Crippen LogP contribution in [0.4, 0.5) is 0 Å². The number of ether oxygens (including phenoxy) is 1. The lowest BCUT2D eigenvalue weighted by Crippen LogP contribution is -2.45. The Labute approximate surface area is 136 Å². The van der Waals surface area contributed by atoms with Crippen molar-refractivity contribution < 1.29 is 19.4 Å². The Balaban J connectivity index is 2.06. The second-order valence-corrected chi connectivity index (χ2v) is 5.76. The summed E-state index contributed by atoms with van der Waals surface area (Å²) in [6, 6.07) is 4.61. The maximum Gasteiger partial charge on any atom is 0.257 e. The number of amides is 2. The number of methoxy groups -OCH3 is 1. The number of benzene rings is 1. The largest absolute Gasteiger partial charge is 0.507 e. The van der Waals surface area contributed by atoms with E-state index in [2.05, 4.69) is 5.32 Å². The molecule has 1 saturated heterocycles. The third-order valence-corrected chi connectivity index (χ3v) is 4.06. The van der Waals surface area contributed by atoms with E-state index in [1.807, 2.05) is 6.92 Å². The van der Waals surface area contributed by atoms with Gasteiger partial charge in [-0.15, -0.1) is 0 Å². The number of piperidine rings is 1. The van der Waals surface area contributed by atoms with Gasteiger partial charge < -0.3 is 20.1 Å². The van der Waals surface area contributed by atoms with E-state index in [1.165, 1.54) is 13.2 Å². The summed E-state index contributed by atoms with van der Waals surface area (Å²) in [7, 11) is 1.50. The summed E-state index contributed by atoms with van der Waals surface area (Å²) in [4.78, 5) is 26.3. The number of carbonyl (C=O) groups excluding carboxylic acids is 2. The Morgan fingerprint density at radius 1 is 1.43 bits per heavy atom. The Morgan fingerprint density at radius 3 is 2.87 bits per heavy atom. The van der Waals surface area contributed by atoms with E-state index in [0.29, 0.717) is 25.4 Å². The van der Waals surface area contributed by atoms with Crippen LogP contribution in [0.25, 0.3) is 0 Å². The van der Waals surface area contributed by atoms with Crippen LogP contribution in [0.15, 0.2) is 18.2 Å². The number of phenolic OH excluding ortho intramolecular Hbond substituents is 1. The Morgan fingerprint density at radius 2 is 2.22 bits per heavy atom. The van der Waals surface area contributed by atoms with E-state index < -0.39 is 0 Å². The van der Waals surface area contributed by atoms with Gasteiger partial charge in [-0.1, -0.05) is 6.92 Å². The molecule has 1 heterocycles. The molecule has 2 N–H and O–H groups in total. The first-order chi connectivity index (χ1) is 11.1. The van der Waals surface area contributed by atoms with Gasteiger partial charge in [-0.25, -0.2) is 0 Å². The summed E-state index contributed by atoms with van der Waals surface area (Å²) in [6.07, 6.45) is 2.46. The fraction of sp³-hybridized carbons (Fsp3) is 0.529. The van der Waals surface area contributed by atoms with Crippen molar-refractivity contribution >= 4 is 11.8 Å². The van der Waals surface area contributed by atoms with Crippen molar-refractivity contribution in [2.75, 3.05) is 26.7 Å². The van der Waals surface area contributed by atoms with Crippen LogP contribution in [0.5, 0.6) is 11.5 Å². The second-order valence-electron chi connectivity index (χ2n) is 5.76. The first-order valence-corrected chi connectivity index (χ1v) is 8.00. The fourth-order valence-corrected chi connectivity index (χ4v) is 2.76. The second kappa shape index (κ2) is 7.85. The predicted molar refractivity (Wildman–Crippen MR) is 86.6 cm³/mol. The van der Waals surface area contributed by atoms with Gasteiger partial charge in [-0.05, 0) is 31.4 Å². The SMILES string of the molecule is CCCNC(=O)C1CCCN(C(=O)c2ccc(OC)cc2O)C1. The molecule has 0 radical (unpaired) electrons. The van der Waals surface area contributed by atoms with Crippen molar-refractivity contribution in [2.45, 2.75) is 26.2 Å². The van der Waals surface area contributed by atoms with Crippen molar-refractivity contribution in [1.29, 1.82) is 0 Å². The quantitative estimate of drug-likeness (QED) is 0.867. The zero-order chi connectivity index (χ0) is 16.8. The third-order valence-electron chi connectivity index (χ3n) is 4.06. The predicted octanol–water partition coefficient (Wildman–Crippen LogP) is 1.78. The van der Waals surface area contributed by atoms with Gasteiger partial charge in [0.15, 0.2) is 0 Å². The number of nitrogens with zero attached hydrogens (tertiary/aromatic N) is 1. The molecule has 1 aliphatic rings. The van der Waals surface area contributed by atoms with E-state index in [9.17, 15) is 14.7 Å². The van der Waals surface area contributed by atoms with E-state index >= 15 is 0 Å². The van der Waals surface area contributed by atoms with E-state index in [1.54, 1.807) is 17.0 Å². The van der Waals surface area contributed by atoms with E-state index in [-0.39, 0.29) is 29.0 Å². The fourth-order valence-electron chi connectivity index (χ4n) is 2.76. The molecule has 6 heteroatoms. The van der Waals surface area contributed by atoms with E-state index in [4.69, 9.17) is 4.74 Å². The normalized spacial score (nSPS) is 17.7. The Hall–Kier alpha value is -2.24. The van der Waals surface area contributed by atoms with E-state index in [0.717, 1.165) is 19.3 Å². The lowest BCUT2D eigenvalue weighted by molar-refractivity contribution is -0.126. The van der Waals surface area contributed by atoms with Crippen LogP contribution in [0, 0.1) is 5.92 Å². The van der Waals surface area contributed by atoms with Gasteiger partial charge in [0.25, 0.3) is 5.91 Å². The van der Waals surface area contributed by atoms with Gasteiger partial charge >= 0.3 is 0 Å². The number of hydrogen-bond donors (Lipinski definition) is 2. The number of phenols is 1. The summed E-state index contributed by atoms with van der Waals surface area (Å²) in [6.45, 7) is 3.65. The molecule has 1 unspecified atom stereocenters. The lowest BCUT2D eigenvalue weighted by atomic mass is 9.96.